The van der Waals surface area contributed by atoms with Crippen molar-refractivity contribution in [3.63, 3.8) is 0 Å². The summed E-state index contributed by atoms with van der Waals surface area (Å²) in [6, 6.07) is 0. The molecular formula is C11H10N2O2S. The van der Waals surface area contributed by atoms with Crippen molar-refractivity contribution < 1.29 is 9.90 Å². The monoisotopic (exact) mass is 234 g/mol. The van der Waals surface area contributed by atoms with Gasteiger partial charge in [0.25, 0.3) is 0 Å². The van der Waals surface area contributed by atoms with Crippen molar-refractivity contribution in [1.82, 2.24) is 9.97 Å². The average molecular weight is 234 g/mol. The highest BCUT2D eigenvalue weighted by Gasteiger charge is 2.23. The number of aromatic carboxylic acids is 1. The summed E-state index contributed by atoms with van der Waals surface area (Å²) < 4.78 is 0. The van der Waals surface area contributed by atoms with Gasteiger partial charge < -0.3 is 5.11 Å². The molecule has 0 radical (unpaired) electrons. The Bertz CT molecular complexity index is 604. The van der Waals surface area contributed by atoms with Crippen LogP contribution in [0.3, 0.4) is 0 Å². The molecule has 0 bridgehead atoms. The van der Waals surface area contributed by atoms with Gasteiger partial charge in [-0.3, -0.25) is 0 Å². The van der Waals surface area contributed by atoms with E-state index in [4.69, 9.17) is 5.11 Å². The molecule has 0 aromatic carbocycles. The summed E-state index contributed by atoms with van der Waals surface area (Å²) in [5, 5.41) is 10.1. The minimum Gasteiger partial charge on any atom is -0.477 e. The van der Waals surface area contributed by atoms with Gasteiger partial charge in [0.2, 0.25) is 0 Å². The average Bonchev–Trinajstić information content (AvgIpc) is 2.59. The lowest BCUT2D eigenvalue weighted by Gasteiger charge is -2.10. The van der Waals surface area contributed by atoms with Gasteiger partial charge in [0.1, 0.15) is 10.7 Å². The first-order chi connectivity index (χ1) is 7.66. The second-order valence-corrected chi connectivity index (χ2v) is 5.06. The van der Waals surface area contributed by atoms with Crippen molar-refractivity contribution in [3.05, 3.63) is 21.3 Å². The van der Waals surface area contributed by atoms with Gasteiger partial charge >= 0.3 is 5.97 Å². The first kappa shape index (κ1) is 9.72. The van der Waals surface area contributed by atoms with Crippen LogP contribution in [0.1, 0.15) is 32.5 Å². The van der Waals surface area contributed by atoms with E-state index in [1.54, 1.807) is 0 Å². The molecule has 2 heterocycles. The number of hydrogen-bond acceptors (Lipinski definition) is 4. The molecule has 5 heteroatoms. The molecule has 4 nitrogen and oxygen atoms in total. The van der Waals surface area contributed by atoms with Crippen molar-refractivity contribution in [1.29, 1.82) is 0 Å². The second-order valence-electron chi connectivity index (χ2n) is 3.95. The lowest BCUT2D eigenvalue weighted by molar-refractivity contribution is 0.0704. The van der Waals surface area contributed by atoms with Crippen LogP contribution in [0, 0.1) is 6.92 Å². The molecule has 3 rings (SSSR count). The summed E-state index contributed by atoms with van der Waals surface area (Å²) in [6.45, 7) is 1.81. The fourth-order valence-corrected chi connectivity index (χ4v) is 3.37. The number of aryl methyl sites for hydroxylation is 3. The van der Waals surface area contributed by atoms with E-state index in [2.05, 4.69) is 9.97 Å². The fourth-order valence-electron chi connectivity index (χ4n) is 2.23. The van der Waals surface area contributed by atoms with E-state index in [0.717, 1.165) is 35.2 Å². The lowest BCUT2D eigenvalue weighted by atomic mass is 10.0. The molecule has 0 amide bonds. The molecule has 0 spiro atoms. The summed E-state index contributed by atoms with van der Waals surface area (Å²) in [5.41, 5.74) is 1.65. The molecular weight excluding hydrogens is 224 g/mol. The highest BCUT2D eigenvalue weighted by atomic mass is 32.1. The third-order valence-electron chi connectivity index (χ3n) is 2.83. The maximum atomic E-state index is 11.1. The van der Waals surface area contributed by atoms with Crippen molar-refractivity contribution in [2.75, 3.05) is 0 Å². The number of carboxylic acids is 1. The maximum Gasteiger partial charge on any atom is 0.348 e. The maximum absolute atomic E-state index is 11.1. The molecule has 82 valence electrons. The number of aromatic nitrogens is 2. The molecule has 0 aliphatic heterocycles. The van der Waals surface area contributed by atoms with Gasteiger partial charge in [0.05, 0.1) is 11.2 Å². The van der Waals surface area contributed by atoms with Crippen molar-refractivity contribution >= 4 is 28.2 Å². The van der Waals surface area contributed by atoms with Crippen molar-refractivity contribution in [2.24, 2.45) is 0 Å². The largest absolute Gasteiger partial charge is 0.477 e. The van der Waals surface area contributed by atoms with E-state index < -0.39 is 5.97 Å². The summed E-state index contributed by atoms with van der Waals surface area (Å²) in [6.07, 6.45) is 2.94. The zero-order chi connectivity index (χ0) is 11.3. The summed E-state index contributed by atoms with van der Waals surface area (Å²) >= 11 is 1.35. The normalized spacial score (nSPS) is 14.3. The van der Waals surface area contributed by atoms with Crippen LogP contribution in [0.5, 0.6) is 0 Å². The van der Waals surface area contributed by atoms with E-state index in [9.17, 15) is 4.79 Å². The van der Waals surface area contributed by atoms with Crippen LogP contribution < -0.4 is 0 Å². The minimum atomic E-state index is -0.882. The van der Waals surface area contributed by atoms with Gasteiger partial charge in [-0.2, -0.15) is 0 Å². The Balaban J connectivity index is 2.45. The van der Waals surface area contributed by atoms with Gasteiger partial charge in [-0.05, 0) is 26.2 Å². The first-order valence-electron chi connectivity index (χ1n) is 5.19. The highest BCUT2D eigenvalue weighted by Crippen LogP contribution is 2.36. The van der Waals surface area contributed by atoms with E-state index in [-0.39, 0.29) is 0 Å². The van der Waals surface area contributed by atoms with Crippen LogP contribution in [0.4, 0.5) is 0 Å². The lowest BCUT2D eigenvalue weighted by Crippen LogP contribution is -2.04. The number of rotatable bonds is 1. The van der Waals surface area contributed by atoms with Crippen LogP contribution in [0.15, 0.2) is 0 Å². The van der Waals surface area contributed by atoms with E-state index in [0.29, 0.717) is 16.2 Å². The Hall–Kier alpha value is -1.49. The van der Waals surface area contributed by atoms with Crippen LogP contribution in [-0.2, 0) is 12.8 Å². The van der Waals surface area contributed by atoms with E-state index in [1.165, 1.54) is 11.3 Å². The minimum absolute atomic E-state index is 0.360. The van der Waals surface area contributed by atoms with Crippen LogP contribution >= 0.6 is 11.3 Å². The van der Waals surface area contributed by atoms with Crippen molar-refractivity contribution in [2.45, 2.75) is 26.2 Å². The summed E-state index contributed by atoms with van der Waals surface area (Å²) in [7, 11) is 0. The van der Waals surface area contributed by atoms with Gasteiger partial charge in [0.15, 0.2) is 0 Å². The Labute approximate surface area is 96.0 Å². The fraction of sp³-hybridized carbons (Fsp3) is 0.364. The van der Waals surface area contributed by atoms with Gasteiger partial charge in [-0.1, -0.05) is 0 Å². The Morgan fingerprint density at radius 2 is 2.19 bits per heavy atom. The Morgan fingerprint density at radius 1 is 1.38 bits per heavy atom. The van der Waals surface area contributed by atoms with Crippen LogP contribution in [0.2, 0.25) is 0 Å². The zero-order valence-electron chi connectivity index (χ0n) is 8.78. The number of nitrogens with zero attached hydrogens (tertiary/aromatic N) is 2. The molecule has 16 heavy (non-hydrogen) atoms. The molecule has 1 N–H and O–H groups in total. The third kappa shape index (κ3) is 1.24. The second kappa shape index (κ2) is 3.25. The molecule has 0 fully saturated rings. The third-order valence-corrected chi connectivity index (χ3v) is 4.05. The van der Waals surface area contributed by atoms with E-state index >= 15 is 0 Å². The molecule has 2 aromatic heterocycles. The smallest absolute Gasteiger partial charge is 0.348 e. The Morgan fingerprint density at radius 3 is 2.94 bits per heavy atom. The number of carboxylic acid groups (broad SMARTS) is 1. The number of carbonyl (C=O) groups is 1. The van der Waals surface area contributed by atoms with Crippen LogP contribution in [-0.4, -0.2) is 21.0 Å². The SMILES string of the molecule is Cc1nc2c3c(sc(C(=O)O)c3n1)CCC2. The number of thiophene rings is 1. The molecule has 2 aromatic rings. The molecule has 0 unspecified atom stereocenters. The Kier molecular flexibility index (Phi) is 1.97. The van der Waals surface area contributed by atoms with Gasteiger partial charge in [0, 0.05) is 10.3 Å². The quantitative estimate of drug-likeness (QED) is 0.821. The zero-order valence-corrected chi connectivity index (χ0v) is 9.60. The molecule has 1 aliphatic rings. The molecule has 0 saturated heterocycles. The van der Waals surface area contributed by atoms with Crippen molar-refractivity contribution in [3.8, 4) is 0 Å². The first-order valence-corrected chi connectivity index (χ1v) is 6.00. The summed E-state index contributed by atoms with van der Waals surface area (Å²) in [5.74, 6) is -0.219. The molecule has 0 saturated carbocycles. The standard InChI is InChI=1S/C11H10N2O2S/c1-5-12-6-3-2-4-7-8(6)9(13-5)10(16-7)11(14)15/h2-4H2,1H3,(H,14,15). The number of hydrogen-bond donors (Lipinski definition) is 1. The summed E-state index contributed by atoms with van der Waals surface area (Å²) in [4.78, 5) is 21.3. The van der Waals surface area contributed by atoms with E-state index in [1.807, 2.05) is 6.92 Å². The topological polar surface area (TPSA) is 63.1 Å². The molecule has 0 atom stereocenters. The van der Waals surface area contributed by atoms with Crippen LogP contribution in [0.25, 0.3) is 10.9 Å². The predicted octanol–water partition coefficient (Wildman–Crippen LogP) is 2.19. The molecule has 1 aliphatic carbocycles. The van der Waals surface area contributed by atoms with Gasteiger partial charge in [-0.15, -0.1) is 11.3 Å². The predicted molar refractivity (Wildman–Crippen MR) is 61.1 cm³/mol. The highest BCUT2D eigenvalue weighted by molar-refractivity contribution is 7.15. The van der Waals surface area contributed by atoms with Gasteiger partial charge in [-0.25, -0.2) is 14.8 Å².